The first-order chi connectivity index (χ1) is 15.2. The van der Waals surface area contributed by atoms with Crippen LogP contribution < -0.4 is 15.7 Å². The fourth-order valence-corrected chi connectivity index (χ4v) is 10.3. The maximum absolute atomic E-state index is 12.2. The van der Waals surface area contributed by atoms with Gasteiger partial charge >= 0.3 is 5.97 Å². The first-order valence-electron chi connectivity index (χ1n) is 10.1. The summed E-state index contributed by atoms with van der Waals surface area (Å²) in [5, 5.41) is 7.90. The molecular formula is C24H26BrNO3S2Si. The third-order valence-corrected chi connectivity index (χ3v) is 12.3. The Kier molecular flexibility index (Phi) is 8.05. The topological polar surface area (TPSA) is 47.6 Å². The Morgan fingerprint density at radius 1 is 1.06 bits per heavy atom. The number of methoxy groups -OCH3 is 1. The Labute approximate surface area is 208 Å². The molecule has 3 rings (SSSR count). The van der Waals surface area contributed by atoms with Gasteiger partial charge in [-0.25, -0.2) is 4.79 Å². The van der Waals surface area contributed by atoms with E-state index >= 15 is 0 Å². The summed E-state index contributed by atoms with van der Waals surface area (Å²) >= 11 is 10.4. The lowest BCUT2D eigenvalue weighted by Crippen LogP contribution is -2.67. The number of carbonyl (C=O) groups excluding carboxylic acids is 1. The highest BCUT2D eigenvalue weighted by atomic mass is 79.9. The van der Waals surface area contributed by atoms with Crippen molar-refractivity contribution in [3.05, 3.63) is 76.1 Å². The van der Waals surface area contributed by atoms with Gasteiger partial charge in [-0.2, -0.15) is 0 Å². The molecule has 0 aliphatic rings. The number of thiophene rings is 1. The van der Waals surface area contributed by atoms with E-state index in [1.54, 1.807) is 0 Å². The molecule has 0 unspecified atom stereocenters. The molecule has 8 heteroatoms. The fraction of sp³-hybridized carbons (Fsp3) is 0.250. The number of hydrogen-bond acceptors (Lipinski definition) is 5. The third kappa shape index (κ3) is 5.04. The van der Waals surface area contributed by atoms with E-state index < -0.39 is 14.3 Å². The van der Waals surface area contributed by atoms with Gasteiger partial charge in [0.1, 0.15) is 15.6 Å². The number of ether oxygens (including phenoxy) is 1. The maximum atomic E-state index is 12.2. The first kappa shape index (κ1) is 24.8. The van der Waals surface area contributed by atoms with Crippen molar-refractivity contribution in [2.45, 2.75) is 25.8 Å². The van der Waals surface area contributed by atoms with Crippen LogP contribution in [0.5, 0.6) is 0 Å². The van der Waals surface area contributed by atoms with Gasteiger partial charge in [-0.05, 0) is 31.3 Å². The zero-order valence-electron chi connectivity index (χ0n) is 18.5. The molecule has 168 valence electrons. The molecule has 0 aliphatic carbocycles. The van der Waals surface area contributed by atoms with Crippen molar-refractivity contribution in [3.63, 3.8) is 0 Å². The summed E-state index contributed by atoms with van der Waals surface area (Å²) in [4.78, 5) is 12.7. The zero-order valence-corrected chi connectivity index (χ0v) is 22.7. The molecule has 0 fully saturated rings. The van der Waals surface area contributed by atoms with E-state index in [0.29, 0.717) is 20.0 Å². The predicted molar refractivity (Wildman–Crippen MR) is 143 cm³/mol. The summed E-state index contributed by atoms with van der Waals surface area (Å²) in [5.41, 5.74) is 0.435. The number of hydrogen-bond donors (Lipinski definition) is 1. The molecule has 0 aliphatic heterocycles. The third-order valence-electron chi connectivity index (χ3n) is 5.23. The molecule has 4 nitrogen and oxygen atoms in total. The molecule has 0 spiro atoms. The smallest absolute Gasteiger partial charge is 0.342 e. The average Bonchev–Trinajstić information content (AvgIpc) is 3.14. The van der Waals surface area contributed by atoms with E-state index in [1.807, 2.05) is 17.5 Å². The van der Waals surface area contributed by atoms with Crippen molar-refractivity contribution in [2.75, 3.05) is 19.0 Å². The van der Waals surface area contributed by atoms with Crippen molar-refractivity contribution >= 4 is 74.1 Å². The molecule has 1 aromatic heterocycles. The molecule has 2 aromatic carbocycles. The van der Waals surface area contributed by atoms with Gasteiger partial charge in [-0.1, -0.05) is 93.7 Å². The Hall–Kier alpha value is -1.84. The van der Waals surface area contributed by atoms with E-state index in [1.165, 1.54) is 28.8 Å². The summed E-state index contributed by atoms with van der Waals surface area (Å²) in [6.45, 7) is 6.91. The molecular weight excluding hydrogens is 522 g/mol. The highest BCUT2D eigenvalue weighted by Crippen LogP contribution is 2.37. The number of benzene rings is 2. The minimum atomic E-state index is -2.69. The van der Waals surface area contributed by atoms with Gasteiger partial charge in [-0.15, -0.1) is 11.3 Å². The second-order valence-corrected chi connectivity index (χ2v) is 14.8. The molecule has 0 saturated heterocycles. The zero-order chi connectivity index (χ0) is 23.4. The lowest BCUT2D eigenvalue weighted by molar-refractivity contribution is 0.0601. The second kappa shape index (κ2) is 10.4. The SMILES string of the molecule is COC(=O)c1c(Br)csc1NC(=S)CO[Si](c1ccccc1)(c1ccccc1)C(C)(C)C. The fourth-order valence-electron chi connectivity index (χ4n) is 3.82. The molecule has 0 amide bonds. The largest absolute Gasteiger partial charge is 0.465 e. The quantitative estimate of drug-likeness (QED) is 0.236. The normalized spacial score (nSPS) is 11.8. The summed E-state index contributed by atoms with van der Waals surface area (Å²) < 4.78 is 12.4. The maximum Gasteiger partial charge on any atom is 0.342 e. The number of anilines is 1. The molecule has 1 heterocycles. The number of rotatable bonds is 7. The van der Waals surface area contributed by atoms with Gasteiger partial charge in [0.05, 0.1) is 13.7 Å². The van der Waals surface area contributed by atoms with Gasteiger partial charge in [0.25, 0.3) is 8.32 Å². The Morgan fingerprint density at radius 2 is 1.59 bits per heavy atom. The van der Waals surface area contributed by atoms with Crippen molar-refractivity contribution in [2.24, 2.45) is 0 Å². The van der Waals surface area contributed by atoms with Gasteiger partial charge < -0.3 is 14.5 Å². The number of thiocarbonyl (C=S) groups is 1. The van der Waals surface area contributed by atoms with Gasteiger partial charge in [0, 0.05) is 9.85 Å². The van der Waals surface area contributed by atoms with Crippen LogP contribution in [0.4, 0.5) is 5.00 Å². The van der Waals surface area contributed by atoms with Crippen LogP contribution in [0.2, 0.25) is 5.04 Å². The van der Waals surface area contributed by atoms with E-state index in [-0.39, 0.29) is 11.6 Å². The van der Waals surface area contributed by atoms with Crippen molar-refractivity contribution in [1.29, 1.82) is 0 Å². The van der Waals surface area contributed by atoms with E-state index in [0.717, 1.165) is 0 Å². The molecule has 1 N–H and O–H groups in total. The molecule has 32 heavy (non-hydrogen) atoms. The summed E-state index contributed by atoms with van der Waals surface area (Å²) in [5.74, 6) is -0.420. The Balaban J connectivity index is 1.94. The standard InChI is InChI=1S/C24H26BrNO3S2Si/c1-24(2,3)32(17-11-7-5-8-12-17,18-13-9-6-10-14-18)29-15-20(30)26-22-21(23(27)28-4)19(25)16-31-22/h5-14,16H,15H2,1-4H3,(H,26,30). The van der Waals surface area contributed by atoms with Crippen LogP contribution >= 0.6 is 39.5 Å². The number of carbonyl (C=O) groups is 1. The van der Waals surface area contributed by atoms with Crippen LogP contribution in [0, 0.1) is 0 Å². The van der Waals surface area contributed by atoms with Gasteiger partial charge in [0.15, 0.2) is 0 Å². The number of esters is 1. The van der Waals surface area contributed by atoms with E-state index in [2.05, 4.69) is 90.5 Å². The number of halogens is 1. The molecule has 0 atom stereocenters. The number of nitrogens with one attached hydrogen (secondary N) is 1. The van der Waals surface area contributed by atoms with Crippen LogP contribution in [-0.4, -0.2) is 33.0 Å². The molecule has 3 aromatic rings. The van der Waals surface area contributed by atoms with Crippen LogP contribution in [0.15, 0.2) is 70.5 Å². The van der Waals surface area contributed by atoms with Gasteiger partial charge in [0.2, 0.25) is 0 Å². The van der Waals surface area contributed by atoms with Crippen molar-refractivity contribution in [3.8, 4) is 0 Å². The summed E-state index contributed by atoms with van der Waals surface area (Å²) in [7, 11) is -1.33. The van der Waals surface area contributed by atoms with E-state index in [9.17, 15) is 4.79 Å². The lowest BCUT2D eigenvalue weighted by Gasteiger charge is -2.43. The Bertz CT molecular complexity index is 1040. The van der Waals surface area contributed by atoms with Crippen molar-refractivity contribution in [1.82, 2.24) is 0 Å². The lowest BCUT2D eigenvalue weighted by atomic mass is 10.2. The minimum Gasteiger partial charge on any atom is -0.465 e. The predicted octanol–water partition coefficient (Wildman–Crippen LogP) is 5.61. The molecule has 0 saturated carbocycles. The van der Waals surface area contributed by atoms with Crippen molar-refractivity contribution < 1.29 is 14.0 Å². The van der Waals surface area contributed by atoms with Crippen LogP contribution in [0.25, 0.3) is 0 Å². The summed E-state index contributed by atoms with van der Waals surface area (Å²) in [6, 6.07) is 20.8. The monoisotopic (exact) mass is 547 g/mol. The highest BCUT2D eigenvalue weighted by Gasteiger charge is 2.50. The average molecular weight is 549 g/mol. The van der Waals surface area contributed by atoms with Crippen LogP contribution in [0.3, 0.4) is 0 Å². The first-order valence-corrected chi connectivity index (χ1v) is 14.1. The molecule has 0 bridgehead atoms. The molecule has 0 radical (unpaired) electrons. The highest BCUT2D eigenvalue weighted by molar-refractivity contribution is 9.10. The van der Waals surface area contributed by atoms with Gasteiger partial charge in [-0.3, -0.25) is 0 Å². The Morgan fingerprint density at radius 3 is 2.06 bits per heavy atom. The van der Waals surface area contributed by atoms with Crippen LogP contribution in [-0.2, 0) is 9.16 Å². The minimum absolute atomic E-state index is 0.144. The van der Waals surface area contributed by atoms with Crippen LogP contribution in [0.1, 0.15) is 31.1 Å². The summed E-state index contributed by atoms with van der Waals surface area (Å²) in [6.07, 6.45) is 0. The second-order valence-electron chi connectivity index (χ2n) is 8.28. The van der Waals surface area contributed by atoms with E-state index in [4.69, 9.17) is 21.4 Å².